The highest BCUT2D eigenvalue weighted by Crippen LogP contribution is 2.23. The summed E-state index contributed by atoms with van der Waals surface area (Å²) in [6.45, 7) is 7.28. The summed E-state index contributed by atoms with van der Waals surface area (Å²) in [5.74, 6) is -6.30. The van der Waals surface area contributed by atoms with Gasteiger partial charge in [-0.25, -0.2) is 4.79 Å². The summed E-state index contributed by atoms with van der Waals surface area (Å²) in [5.41, 5.74) is 6.95. The summed E-state index contributed by atoms with van der Waals surface area (Å²) < 4.78 is 0. The Labute approximate surface area is 297 Å². The number of hydrogen-bond acceptors (Lipinski definition) is 9. The van der Waals surface area contributed by atoms with Crippen molar-refractivity contribution in [3.63, 3.8) is 0 Å². The number of carbonyl (C=O) groups is 7. The Kier molecular flexibility index (Phi) is 14.8. The van der Waals surface area contributed by atoms with E-state index in [0.717, 1.165) is 5.56 Å². The smallest absolute Gasteiger partial charge is 0.326 e. The standard InChI is InChI=1S/C35H52N6O10/c1-5-20(4)29(35(50)51)39-31(46)26-9-7-17-41(26)34(49)24(14-15-27(43)44)37-32(47)28(19(2)3)38-30(45)25-8-6-16-40(25)33(48)23(36)18-21-10-12-22(42)13-11-21/h10-13,19-20,23-26,28-29,42H,5-9,14-18,36H2,1-4H3,(H,37,47)(H,38,45)(H,39,46)(H,43,44)(H,50,51)/t20-,23-,24-,25-,26-,28-,29-/m0/s1. The fraction of sp³-hybridized carbons (Fsp3) is 0.629. The van der Waals surface area contributed by atoms with Gasteiger partial charge in [-0.3, -0.25) is 28.8 Å². The monoisotopic (exact) mass is 716 g/mol. The van der Waals surface area contributed by atoms with E-state index in [4.69, 9.17) is 5.73 Å². The topological polar surface area (TPSA) is 249 Å². The number of nitrogens with two attached hydrogens (primary N) is 1. The largest absolute Gasteiger partial charge is 0.508 e. The quantitative estimate of drug-likeness (QED) is 0.116. The van der Waals surface area contributed by atoms with Crippen LogP contribution in [-0.4, -0.2) is 116 Å². The minimum absolute atomic E-state index is 0.0760. The second-order valence-electron chi connectivity index (χ2n) is 13.8. The van der Waals surface area contributed by atoms with Crippen molar-refractivity contribution in [2.45, 2.75) is 115 Å². The van der Waals surface area contributed by atoms with E-state index in [2.05, 4.69) is 16.0 Å². The van der Waals surface area contributed by atoms with Crippen LogP contribution in [0.4, 0.5) is 0 Å². The van der Waals surface area contributed by atoms with Crippen LogP contribution in [0.25, 0.3) is 0 Å². The van der Waals surface area contributed by atoms with Gasteiger partial charge in [0.05, 0.1) is 6.04 Å². The molecule has 0 saturated carbocycles. The molecule has 0 unspecified atom stereocenters. The van der Waals surface area contributed by atoms with Crippen LogP contribution in [0.3, 0.4) is 0 Å². The van der Waals surface area contributed by atoms with Crippen LogP contribution in [0.2, 0.25) is 0 Å². The second-order valence-corrected chi connectivity index (χ2v) is 13.8. The lowest BCUT2D eigenvalue weighted by Gasteiger charge is -2.32. The number of amides is 5. The number of likely N-dealkylation sites (tertiary alicyclic amines) is 2. The van der Waals surface area contributed by atoms with E-state index in [1.807, 2.05) is 0 Å². The lowest BCUT2D eigenvalue weighted by molar-refractivity contribution is -0.146. The van der Waals surface area contributed by atoms with Crippen molar-refractivity contribution in [2.24, 2.45) is 17.6 Å². The number of carboxylic acids is 2. The van der Waals surface area contributed by atoms with Crippen molar-refractivity contribution >= 4 is 41.5 Å². The van der Waals surface area contributed by atoms with E-state index in [0.29, 0.717) is 32.2 Å². The lowest BCUT2D eigenvalue weighted by Crippen LogP contribution is -2.60. The van der Waals surface area contributed by atoms with Crippen LogP contribution in [0, 0.1) is 11.8 Å². The first-order valence-corrected chi connectivity index (χ1v) is 17.6. The average molecular weight is 717 g/mol. The molecule has 0 aromatic heterocycles. The Balaban J connectivity index is 1.72. The average Bonchev–Trinajstić information content (AvgIpc) is 3.78. The molecule has 282 valence electrons. The number of phenolic OH excluding ortho intramolecular Hbond substituents is 1. The number of hydrogen-bond donors (Lipinski definition) is 7. The summed E-state index contributed by atoms with van der Waals surface area (Å²) in [4.78, 5) is 93.6. The third kappa shape index (κ3) is 10.9. The zero-order chi connectivity index (χ0) is 38.0. The number of rotatable bonds is 17. The zero-order valence-corrected chi connectivity index (χ0v) is 29.7. The SMILES string of the molecule is CC[C@H](C)[C@H](NC(=O)[C@@H]1CCCN1C(=O)[C@H](CCC(=O)O)NC(=O)[C@@H](NC(=O)[C@@H]1CCCN1C(=O)[C@@H](N)Cc1ccc(O)cc1)C(C)C)C(=O)O. The van der Waals surface area contributed by atoms with Gasteiger partial charge in [-0.2, -0.15) is 0 Å². The van der Waals surface area contributed by atoms with E-state index < -0.39 is 90.1 Å². The summed E-state index contributed by atoms with van der Waals surface area (Å²) in [7, 11) is 0. The van der Waals surface area contributed by atoms with Gasteiger partial charge in [0, 0.05) is 19.5 Å². The second kappa shape index (κ2) is 18.5. The van der Waals surface area contributed by atoms with Crippen molar-refractivity contribution in [2.75, 3.05) is 13.1 Å². The predicted molar refractivity (Wildman–Crippen MR) is 184 cm³/mol. The molecule has 0 aliphatic carbocycles. The highest BCUT2D eigenvalue weighted by Gasteiger charge is 2.41. The van der Waals surface area contributed by atoms with Gasteiger partial charge in [0.1, 0.15) is 36.0 Å². The minimum atomic E-state index is -1.35. The van der Waals surface area contributed by atoms with Crippen molar-refractivity contribution < 1.29 is 48.9 Å². The molecule has 2 saturated heterocycles. The van der Waals surface area contributed by atoms with Gasteiger partial charge in [-0.05, 0) is 68.1 Å². The molecule has 8 N–H and O–H groups in total. The molecular weight excluding hydrogens is 664 g/mol. The van der Waals surface area contributed by atoms with Crippen LogP contribution >= 0.6 is 0 Å². The van der Waals surface area contributed by atoms with E-state index in [1.54, 1.807) is 39.8 Å². The molecule has 7 atom stereocenters. The van der Waals surface area contributed by atoms with Gasteiger partial charge < -0.3 is 46.8 Å². The highest BCUT2D eigenvalue weighted by molar-refractivity contribution is 5.97. The van der Waals surface area contributed by atoms with Gasteiger partial charge in [0.2, 0.25) is 29.5 Å². The van der Waals surface area contributed by atoms with Crippen molar-refractivity contribution in [3.8, 4) is 5.75 Å². The number of nitrogens with one attached hydrogen (secondary N) is 3. The van der Waals surface area contributed by atoms with Crippen LogP contribution in [0.1, 0.15) is 78.2 Å². The van der Waals surface area contributed by atoms with Gasteiger partial charge in [0.25, 0.3) is 0 Å². The number of nitrogens with zero attached hydrogens (tertiary/aromatic N) is 2. The van der Waals surface area contributed by atoms with Gasteiger partial charge in [-0.15, -0.1) is 0 Å². The maximum absolute atomic E-state index is 13.8. The number of carboxylic acid groups (broad SMARTS) is 2. The Morgan fingerprint density at radius 1 is 0.824 bits per heavy atom. The van der Waals surface area contributed by atoms with E-state index in [9.17, 15) is 48.9 Å². The molecule has 16 heteroatoms. The zero-order valence-electron chi connectivity index (χ0n) is 29.7. The van der Waals surface area contributed by atoms with Crippen molar-refractivity contribution in [3.05, 3.63) is 29.8 Å². The maximum atomic E-state index is 13.8. The Morgan fingerprint density at radius 3 is 1.84 bits per heavy atom. The summed E-state index contributed by atoms with van der Waals surface area (Å²) in [6, 6.07) is -0.263. The van der Waals surface area contributed by atoms with Crippen LogP contribution < -0.4 is 21.7 Å². The molecule has 2 aliphatic rings. The molecule has 0 radical (unpaired) electrons. The molecule has 1 aromatic rings. The van der Waals surface area contributed by atoms with Crippen LogP contribution in [0.15, 0.2) is 24.3 Å². The normalized spacial score (nSPS) is 20.2. The first-order chi connectivity index (χ1) is 24.0. The number of phenols is 1. The van der Waals surface area contributed by atoms with E-state index in [1.165, 1.54) is 21.9 Å². The third-order valence-corrected chi connectivity index (χ3v) is 9.67. The molecule has 3 rings (SSSR count). The first kappa shape index (κ1) is 40.7. The van der Waals surface area contributed by atoms with Crippen LogP contribution in [-0.2, 0) is 40.0 Å². The molecule has 2 aliphatic heterocycles. The van der Waals surface area contributed by atoms with Gasteiger partial charge in [0.15, 0.2) is 0 Å². The summed E-state index contributed by atoms with van der Waals surface area (Å²) in [5, 5.41) is 36.4. The number of benzene rings is 1. The fourth-order valence-corrected chi connectivity index (χ4v) is 6.50. The Bertz CT molecular complexity index is 1440. The molecule has 16 nitrogen and oxygen atoms in total. The van der Waals surface area contributed by atoms with Crippen molar-refractivity contribution in [1.82, 2.24) is 25.8 Å². The van der Waals surface area contributed by atoms with Gasteiger partial charge in [-0.1, -0.05) is 46.2 Å². The Hall–Kier alpha value is -4.73. The summed E-state index contributed by atoms with van der Waals surface area (Å²) in [6.07, 6.45) is 1.48. The lowest BCUT2D eigenvalue weighted by atomic mass is 9.98. The number of carbonyl (C=O) groups excluding carboxylic acids is 5. The molecule has 5 amide bonds. The summed E-state index contributed by atoms with van der Waals surface area (Å²) >= 11 is 0. The number of aromatic hydroxyl groups is 1. The third-order valence-electron chi connectivity index (χ3n) is 9.67. The number of aliphatic carboxylic acids is 2. The van der Waals surface area contributed by atoms with Crippen LogP contribution in [0.5, 0.6) is 5.75 Å². The maximum Gasteiger partial charge on any atom is 0.326 e. The van der Waals surface area contributed by atoms with Crippen molar-refractivity contribution in [1.29, 1.82) is 0 Å². The predicted octanol–water partition coefficient (Wildman–Crippen LogP) is 0.350. The first-order valence-electron chi connectivity index (χ1n) is 17.6. The molecule has 0 spiro atoms. The molecule has 2 fully saturated rings. The molecule has 51 heavy (non-hydrogen) atoms. The van der Waals surface area contributed by atoms with E-state index in [-0.39, 0.29) is 37.5 Å². The minimum Gasteiger partial charge on any atom is -0.508 e. The fourth-order valence-electron chi connectivity index (χ4n) is 6.50. The molecule has 0 bridgehead atoms. The van der Waals surface area contributed by atoms with E-state index >= 15 is 0 Å². The van der Waals surface area contributed by atoms with Gasteiger partial charge >= 0.3 is 11.9 Å². The molecule has 2 heterocycles. The Morgan fingerprint density at radius 2 is 1.35 bits per heavy atom. The molecule has 1 aromatic carbocycles. The highest BCUT2D eigenvalue weighted by atomic mass is 16.4. The molecular formula is C35H52N6O10.